The van der Waals surface area contributed by atoms with E-state index in [2.05, 4.69) is 40.9 Å². The summed E-state index contributed by atoms with van der Waals surface area (Å²) in [4.78, 5) is 12.1. The highest BCUT2D eigenvalue weighted by Crippen LogP contribution is 2.27. The molecule has 0 atom stereocenters. The van der Waals surface area contributed by atoms with Crippen molar-refractivity contribution in [1.82, 2.24) is 5.43 Å². The maximum atomic E-state index is 12.1. The number of hydrogen-bond acceptors (Lipinski definition) is 3. The number of carbonyl (C=O) groups is 1. The van der Waals surface area contributed by atoms with Gasteiger partial charge in [0, 0.05) is 5.56 Å². The highest BCUT2D eigenvalue weighted by atomic mass is 16.5. The predicted octanol–water partition coefficient (Wildman–Crippen LogP) is 4.83. The van der Waals surface area contributed by atoms with Gasteiger partial charge in [-0.1, -0.05) is 60.7 Å². The van der Waals surface area contributed by atoms with E-state index in [-0.39, 0.29) is 12.5 Å². The molecule has 0 aliphatic heterocycles. The molecular formula is C24H20N2O2. The van der Waals surface area contributed by atoms with Gasteiger partial charge in [-0.2, -0.15) is 5.10 Å². The Hall–Kier alpha value is -3.66. The fourth-order valence-electron chi connectivity index (χ4n) is 3.24. The summed E-state index contributed by atoms with van der Waals surface area (Å²) in [5, 5.41) is 8.62. The molecule has 0 unspecified atom stereocenters. The maximum absolute atomic E-state index is 12.1. The van der Waals surface area contributed by atoms with Gasteiger partial charge in [0.25, 0.3) is 5.91 Å². The molecule has 4 aromatic carbocycles. The van der Waals surface area contributed by atoms with Gasteiger partial charge in [0.05, 0.1) is 6.21 Å². The van der Waals surface area contributed by atoms with Crippen LogP contribution in [0.2, 0.25) is 0 Å². The first-order chi connectivity index (χ1) is 13.7. The number of rotatable bonds is 5. The standard InChI is InChI=1S/C24H20N2O2/c1-17-7-6-10-20(13-17)28-16-24(27)26-25-15-23-21-11-4-2-8-18(21)14-19-9-3-5-12-22(19)23/h2-15H,16H2,1H3,(H,26,27). The smallest absolute Gasteiger partial charge is 0.277 e. The Kier molecular flexibility index (Phi) is 5.02. The van der Waals surface area contributed by atoms with Gasteiger partial charge in [-0.05, 0) is 52.2 Å². The van der Waals surface area contributed by atoms with Crippen LogP contribution in [0.4, 0.5) is 0 Å². The summed E-state index contributed by atoms with van der Waals surface area (Å²) in [6.45, 7) is 1.89. The maximum Gasteiger partial charge on any atom is 0.277 e. The van der Waals surface area contributed by atoms with Crippen molar-refractivity contribution in [2.45, 2.75) is 6.92 Å². The third kappa shape index (κ3) is 3.86. The average molecular weight is 368 g/mol. The van der Waals surface area contributed by atoms with Crippen LogP contribution < -0.4 is 10.2 Å². The number of amides is 1. The number of ether oxygens (including phenoxy) is 1. The normalized spacial score (nSPS) is 11.2. The molecule has 0 aromatic heterocycles. The fraction of sp³-hybridized carbons (Fsp3) is 0.0833. The molecule has 0 radical (unpaired) electrons. The second-order valence-corrected chi connectivity index (χ2v) is 6.63. The fourth-order valence-corrected chi connectivity index (χ4v) is 3.24. The number of nitrogens with zero attached hydrogens (tertiary/aromatic N) is 1. The summed E-state index contributed by atoms with van der Waals surface area (Å²) in [5.74, 6) is 0.362. The second kappa shape index (κ2) is 7.92. The molecule has 0 saturated heterocycles. The number of hydrogen-bond donors (Lipinski definition) is 1. The Bertz CT molecular complexity index is 1130. The lowest BCUT2D eigenvalue weighted by Gasteiger charge is -2.08. The van der Waals surface area contributed by atoms with Gasteiger partial charge in [0.15, 0.2) is 6.61 Å². The van der Waals surface area contributed by atoms with Crippen LogP contribution in [0, 0.1) is 6.92 Å². The van der Waals surface area contributed by atoms with Gasteiger partial charge in [0.1, 0.15) is 5.75 Å². The number of carbonyl (C=O) groups excluding carboxylic acids is 1. The number of benzene rings is 4. The molecule has 0 heterocycles. The monoisotopic (exact) mass is 368 g/mol. The summed E-state index contributed by atoms with van der Waals surface area (Å²) in [7, 11) is 0. The molecule has 0 spiro atoms. The second-order valence-electron chi connectivity index (χ2n) is 6.63. The molecule has 0 bridgehead atoms. The molecule has 0 fully saturated rings. The summed E-state index contributed by atoms with van der Waals surface area (Å²) in [6.07, 6.45) is 1.70. The molecule has 4 heteroatoms. The zero-order valence-corrected chi connectivity index (χ0v) is 15.6. The Morgan fingerprint density at radius 2 is 1.61 bits per heavy atom. The van der Waals surface area contributed by atoms with Crippen molar-refractivity contribution in [2.75, 3.05) is 6.61 Å². The highest BCUT2D eigenvalue weighted by molar-refractivity contribution is 6.13. The predicted molar refractivity (Wildman–Crippen MR) is 114 cm³/mol. The quantitative estimate of drug-likeness (QED) is 0.312. The molecule has 1 amide bonds. The van der Waals surface area contributed by atoms with Crippen molar-refractivity contribution < 1.29 is 9.53 Å². The van der Waals surface area contributed by atoms with Crippen molar-refractivity contribution >= 4 is 33.7 Å². The minimum absolute atomic E-state index is 0.0862. The summed E-state index contributed by atoms with van der Waals surface area (Å²) in [5.41, 5.74) is 4.61. The van der Waals surface area contributed by atoms with E-state index in [1.165, 1.54) is 0 Å². The molecule has 1 N–H and O–H groups in total. The van der Waals surface area contributed by atoms with E-state index in [9.17, 15) is 4.79 Å². The van der Waals surface area contributed by atoms with Crippen molar-refractivity contribution in [1.29, 1.82) is 0 Å². The van der Waals surface area contributed by atoms with E-state index in [4.69, 9.17) is 4.74 Å². The minimum atomic E-state index is -0.303. The molecular weight excluding hydrogens is 348 g/mol. The SMILES string of the molecule is Cc1cccc(OCC(=O)NN=Cc2c3ccccc3cc3ccccc23)c1. The number of hydrazone groups is 1. The van der Waals surface area contributed by atoms with Crippen LogP contribution in [-0.4, -0.2) is 18.7 Å². The molecule has 0 aliphatic rings. The Labute approximate surface area is 163 Å². The Morgan fingerprint density at radius 3 is 2.29 bits per heavy atom. The van der Waals surface area contributed by atoms with E-state index in [0.717, 1.165) is 32.7 Å². The zero-order chi connectivity index (χ0) is 19.3. The van der Waals surface area contributed by atoms with E-state index >= 15 is 0 Å². The molecule has 0 saturated carbocycles. The number of nitrogens with one attached hydrogen (secondary N) is 1. The number of fused-ring (bicyclic) bond motifs is 2. The van der Waals surface area contributed by atoms with Crippen LogP contribution in [-0.2, 0) is 4.79 Å². The van der Waals surface area contributed by atoms with Gasteiger partial charge in [-0.3, -0.25) is 4.79 Å². The lowest BCUT2D eigenvalue weighted by Crippen LogP contribution is -2.24. The zero-order valence-electron chi connectivity index (χ0n) is 15.6. The summed E-state index contributed by atoms with van der Waals surface area (Å²) < 4.78 is 5.51. The lowest BCUT2D eigenvalue weighted by molar-refractivity contribution is -0.123. The topological polar surface area (TPSA) is 50.7 Å². The molecule has 0 aliphatic carbocycles. The van der Waals surface area contributed by atoms with Crippen LogP contribution >= 0.6 is 0 Å². The average Bonchev–Trinajstić information content (AvgIpc) is 2.72. The van der Waals surface area contributed by atoms with Gasteiger partial charge < -0.3 is 4.74 Å². The first kappa shape index (κ1) is 17.7. The first-order valence-electron chi connectivity index (χ1n) is 9.12. The summed E-state index contributed by atoms with van der Waals surface area (Å²) >= 11 is 0. The molecule has 4 nitrogen and oxygen atoms in total. The van der Waals surface area contributed by atoms with Crippen molar-refractivity contribution in [3.05, 3.63) is 90.0 Å². The molecule has 28 heavy (non-hydrogen) atoms. The van der Waals surface area contributed by atoms with E-state index < -0.39 is 0 Å². The van der Waals surface area contributed by atoms with Crippen molar-refractivity contribution in [3.8, 4) is 5.75 Å². The molecule has 4 aromatic rings. The van der Waals surface area contributed by atoms with Gasteiger partial charge in [0.2, 0.25) is 0 Å². The van der Waals surface area contributed by atoms with E-state index in [0.29, 0.717) is 5.75 Å². The number of aryl methyl sites for hydroxylation is 1. The minimum Gasteiger partial charge on any atom is -0.484 e. The van der Waals surface area contributed by atoms with Gasteiger partial charge >= 0.3 is 0 Å². The van der Waals surface area contributed by atoms with E-state index in [1.807, 2.05) is 55.5 Å². The van der Waals surface area contributed by atoms with Crippen LogP contribution in [0.1, 0.15) is 11.1 Å². The third-order valence-corrected chi connectivity index (χ3v) is 4.56. The van der Waals surface area contributed by atoms with Crippen LogP contribution in [0.5, 0.6) is 5.75 Å². The Balaban J connectivity index is 1.52. The summed E-state index contributed by atoms with van der Waals surface area (Å²) in [6, 6.07) is 26.1. The van der Waals surface area contributed by atoms with Crippen LogP contribution in [0.15, 0.2) is 84.0 Å². The van der Waals surface area contributed by atoms with Gasteiger partial charge in [-0.25, -0.2) is 5.43 Å². The first-order valence-corrected chi connectivity index (χ1v) is 9.12. The molecule has 138 valence electrons. The largest absolute Gasteiger partial charge is 0.484 e. The highest BCUT2D eigenvalue weighted by Gasteiger charge is 2.06. The van der Waals surface area contributed by atoms with Crippen molar-refractivity contribution in [2.24, 2.45) is 5.10 Å². The third-order valence-electron chi connectivity index (χ3n) is 4.56. The lowest BCUT2D eigenvalue weighted by atomic mass is 9.97. The van der Waals surface area contributed by atoms with Gasteiger partial charge in [-0.15, -0.1) is 0 Å². The van der Waals surface area contributed by atoms with Crippen molar-refractivity contribution in [3.63, 3.8) is 0 Å². The van der Waals surface area contributed by atoms with Crippen LogP contribution in [0.3, 0.4) is 0 Å². The van der Waals surface area contributed by atoms with E-state index in [1.54, 1.807) is 6.21 Å². The Morgan fingerprint density at radius 1 is 0.929 bits per heavy atom. The van der Waals surface area contributed by atoms with Crippen LogP contribution in [0.25, 0.3) is 21.5 Å². The molecule has 4 rings (SSSR count).